The summed E-state index contributed by atoms with van der Waals surface area (Å²) in [4.78, 5) is 0. The van der Waals surface area contributed by atoms with Crippen LogP contribution in [0, 0.1) is 5.92 Å². The van der Waals surface area contributed by atoms with Crippen LogP contribution in [-0.4, -0.2) is 10.2 Å². The molecule has 0 N–H and O–H groups in total. The average Bonchev–Trinajstić information content (AvgIpc) is 2.27. The van der Waals surface area contributed by atoms with Gasteiger partial charge in [-0.05, 0) is 31.6 Å². The summed E-state index contributed by atoms with van der Waals surface area (Å²) in [6.07, 6.45) is 9.55. The van der Waals surface area contributed by atoms with Crippen LogP contribution in [0.3, 0.4) is 0 Å². The maximum absolute atomic E-state index is 2.36. The van der Waals surface area contributed by atoms with E-state index in [0.29, 0.717) is 0 Å². The summed E-state index contributed by atoms with van der Waals surface area (Å²) in [5, 5.41) is 1.78. The van der Waals surface area contributed by atoms with E-state index >= 15 is 0 Å². The maximum atomic E-state index is 2.36. The molecule has 90 valence electrons. The first-order chi connectivity index (χ1) is 7.21. The number of unbranched alkanes of at least 4 members (excludes halogenated alkanes) is 2. The van der Waals surface area contributed by atoms with Crippen LogP contribution in [-0.2, 0) is 0 Å². The van der Waals surface area contributed by atoms with E-state index in [1.807, 2.05) is 5.57 Å². The van der Waals surface area contributed by atoms with Gasteiger partial charge in [0.05, 0.1) is 0 Å². The van der Waals surface area contributed by atoms with Gasteiger partial charge in [-0.25, -0.2) is 0 Å². The van der Waals surface area contributed by atoms with E-state index in [0.717, 1.165) is 5.92 Å². The molecule has 0 bridgehead atoms. The molecule has 0 saturated heterocycles. The average molecular weight is 226 g/mol. The summed E-state index contributed by atoms with van der Waals surface area (Å²) in [6.45, 7) is 9.31. The van der Waals surface area contributed by atoms with Gasteiger partial charge < -0.3 is 0 Å². The highest BCUT2D eigenvalue weighted by atomic mass is 28.1. The Morgan fingerprint density at radius 1 is 1.00 bits per heavy atom. The molecule has 0 nitrogen and oxygen atoms in total. The highest BCUT2D eigenvalue weighted by Crippen LogP contribution is 2.27. The molecule has 0 radical (unpaired) electrons. The van der Waals surface area contributed by atoms with Crippen molar-refractivity contribution in [2.45, 2.75) is 72.6 Å². The first-order valence-electron chi connectivity index (χ1n) is 6.89. The molecule has 15 heavy (non-hydrogen) atoms. The fraction of sp³-hybridized carbons (Fsp3) is 0.857. The first kappa shape index (κ1) is 15.0. The molecule has 0 aromatic carbocycles. The standard InChI is InChI=1S/C14H30Si/c1-5-9-10-11-12(6-2)13(7-3)14(15)8-4/h12H,5-11H2,1-4,15H3. The van der Waals surface area contributed by atoms with Gasteiger partial charge in [0.1, 0.15) is 0 Å². The quantitative estimate of drug-likeness (QED) is 0.433. The zero-order valence-corrected chi connectivity index (χ0v) is 13.5. The molecule has 0 spiro atoms. The third-order valence-corrected chi connectivity index (χ3v) is 4.95. The Morgan fingerprint density at radius 2 is 1.67 bits per heavy atom. The fourth-order valence-corrected chi connectivity index (χ4v) is 3.19. The first-order valence-corrected chi connectivity index (χ1v) is 7.89. The molecule has 0 aromatic rings. The molecular weight excluding hydrogens is 196 g/mol. The number of hydrogen-bond acceptors (Lipinski definition) is 0. The van der Waals surface area contributed by atoms with Gasteiger partial charge in [-0.3, -0.25) is 0 Å². The van der Waals surface area contributed by atoms with E-state index in [4.69, 9.17) is 0 Å². The van der Waals surface area contributed by atoms with Crippen molar-refractivity contribution in [2.24, 2.45) is 5.92 Å². The van der Waals surface area contributed by atoms with E-state index in [1.165, 1.54) is 55.2 Å². The molecule has 0 saturated carbocycles. The van der Waals surface area contributed by atoms with Crippen LogP contribution in [0.2, 0.25) is 0 Å². The third kappa shape index (κ3) is 5.55. The topological polar surface area (TPSA) is 0 Å². The summed E-state index contributed by atoms with van der Waals surface area (Å²) >= 11 is 0. The van der Waals surface area contributed by atoms with Crippen LogP contribution < -0.4 is 0 Å². The summed E-state index contributed by atoms with van der Waals surface area (Å²) in [7, 11) is 1.27. The molecule has 0 amide bonds. The van der Waals surface area contributed by atoms with Crippen LogP contribution in [0.15, 0.2) is 10.8 Å². The van der Waals surface area contributed by atoms with E-state index in [-0.39, 0.29) is 0 Å². The van der Waals surface area contributed by atoms with Gasteiger partial charge in [0, 0.05) is 10.2 Å². The Balaban J connectivity index is 4.34. The minimum atomic E-state index is 0.897. The third-order valence-electron chi connectivity index (χ3n) is 3.60. The van der Waals surface area contributed by atoms with E-state index in [1.54, 1.807) is 5.20 Å². The molecule has 1 unspecified atom stereocenters. The van der Waals surface area contributed by atoms with Crippen LogP contribution in [0.4, 0.5) is 0 Å². The van der Waals surface area contributed by atoms with Gasteiger partial charge in [0.2, 0.25) is 0 Å². The molecule has 1 atom stereocenters. The molecule has 0 heterocycles. The lowest BCUT2D eigenvalue weighted by molar-refractivity contribution is 0.491. The van der Waals surface area contributed by atoms with Gasteiger partial charge in [0.25, 0.3) is 0 Å². The molecule has 0 aliphatic carbocycles. The minimum Gasteiger partial charge on any atom is -0.0925 e. The van der Waals surface area contributed by atoms with Crippen molar-refractivity contribution in [3.05, 3.63) is 10.8 Å². The summed E-state index contributed by atoms with van der Waals surface area (Å²) < 4.78 is 0. The summed E-state index contributed by atoms with van der Waals surface area (Å²) in [6, 6.07) is 0. The van der Waals surface area contributed by atoms with E-state index in [9.17, 15) is 0 Å². The van der Waals surface area contributed by atoms with Crippen LogP contribution in [0.5, 0.6) is 0 Å². The number of allylic oxidation sites excluding steroid dienone is 2. The molecule has 0 aliphatic heterocycles. The summed E-state index contributed by atoms with van der Waals surface area (Å²) in [5.74, 6) is 0.897. The molecule has 0 fully saturated rings. The lowest BCUT2D eigenvalue weighted by atomic mass is 9.88. The van der Waals surface area contributed by atoms with Crippen molar-refractivity contribution < 1.29 is 0 Å². The van der Waals surface area contributed by atoms with Gasteiger partial charge in [-0.1, -0.05) is 57.7 Å². The van der Waals surface area contributed by atoms with Gasteiger partial charge in [0.15, 0.2) is 0 Å². The van der Waals surface area contributed by atoms with E-state index < -0.39 is 0 Å². The predicted octanol–water partition coefficient (Wildman–Crippen LogP) is 4.03. The van der Waals surface area contributed by atoms with Crippen LogP contribution >= 0.6 is 0 Å². The highest BCUT2D eigenvalue weighted by Gasteiger charge is 2.12. The SMILES string of the molecule is CCCCCC(CC)C(CC)=C([SiH3])CC. The van der Waals surface area contributed by atoms with Gasteiger partial charge in [-0.15, -0.1) is 0 Å². The van der Waals surface area contributed by atoms with Gasteiger partial charge >= 0.3 is 0 Å². The Bertz CT molecular complexity index is 182. The lowest BCUT2D eigenvalue weighted by Gasteiger charge is -2.20. The van der Waals surface area contributed by atoms with Crippen molar-refractivity contribution in [3.8, 4) is 0 Å². The minimum absolute atomic E-state index is 0.897. The van der Waals surface area contributed by atoms with E-state index in [2.05, 4.69) is 27.7 Å². The maximum Gasteiger partial charge on any atom is 0.0332 e. The molecule has 0 rings (SSSR count). The van der Waals surface area contributed by atoms with Crippen molar-refractivity contribution in [2.75, 3.05) is 0 Å². The Hall–Kier alpha value is -0.0431. The van der Waals surface area contributed by atoms with Crippen LogP contribution in [0.1, 0.15) is 72.6 Å². The normalized spacial score (nSPS) is 15.2. The second-order valence-electron chi connectivity index (χ2n) is 4.61. The largest absolute Gasteiger partial charge is 0.0925 e. The monoisotopic (exact) mass is 226 g/mol. The second kappa shape index (κ2) is 9.20. The Morgan fingerprint density at radius 3 is 2.07 bits per heavy atom. The van der Waals surface area contributed by atoms with Gasteiger partial charge in [-0.2, -0.15) is 0 Å². The second-order valence-corrected chi connectivity index (χ2v) is 5.82. The number of hydrogen-bond donors (Lipinski definition) is 0. The lowest BCUT2D eigenvalue weighted by Crippen LogP contribution is -2.06. The van der Waals surface area contributed by atoms with Crippen LogP contribution in [0.25, 0.3) is 0 Å². The van der Waals surface area contributed by atoms with Crippen molar-refractivity contribution in [1.29, 1.82) is 0 Å². The Labute approximate surface area is 100.0 Å². The predicted molar refractivity (Wildman–Crippen MR) is 75.5 cm³/mol. The van der Waals surface area contributed by atoms with Crippen molar-refractivity contribution in [3.63, 3.8) is 0 Å². The van der Waals surface area contributed by atoms with Crippen molar-refractivity contribution >= 4 is 10.2 Å². The molecule has 0 aromatic heterocycles. The fourth-order valence-electron chi connectivity index (χ4n) is 2.43. The highest BCUT2D eigenvalue weighted by molar-refractivity contribution is 6.22. The smallest absolute Gasteiger partial charge is 0.0332 e. The number of rotatable bonds is 8. The molecule has 1 heteroatoms. The summed E-state index contributed by atoms with van der Waals surface area (Å²) in [5.41, 5.74) is 1.81. The Kier molecular flexibility index (Phi) is 9.18. The zero-order valence-electron chi connectivity index (χ0n) is 11.5. The molecular formula is C14H30Si. The zero-order chi connectivity index (χ0) is 11.7. The molecule has 0 aliphatic rings. The van der Waals surface area contributed by atoms with Crippen molar-refractivity contribution in [1.82, 2.24) is 0 Å².